The van der Waals surface area contributed by atoms with Crippen molar-refractivity contribution in [3.8, 4) is 0 Å². The lowest BCUT2D eigenvalue weighted by Gasteiger charge is -2.18. The van der Waals surface area contributed by atoms with Gasteiger partial charge in [0.25, 0.3) is 5.91 Å². The maximum absolute atomic E-state index is 14.2. The van der Waals surface area contributed by atoms with Crippen LogP contribution in [-0.2, 0) is 16.1 Å². The van der Waals surface area contributed by atoms with Crippen molar-refractivity contribution >= 4 is 46.0 Å². The van der Waals surface area contributed by atoms with Crippen LogP contribution in [0.5, 0.6) is 0 Å². The highest BCUT2D eigenvalue weighted by atomic mass is 32.1. The summed E-state index contributed by atoms with van der Waals surface area (Å²) in [4.78, 5) is 43.3. The van der Waals surface area contributed by atoms with E-state index in [1.807, 2.05) is 0 Å². The number of carbonyl (C=O) groups excluding carboxylic acids is 3. The normalized spacial score (nSPS) is 10.8. The van der Waals surface area contributed by atoms with Crippen LogP contribution in [0.4, 0.5) is 15.2 Å². The maximum Gasteiger partial charge on any atom is 0.251 e. The molecular formula is C24H23FN4O3S. The Morgan fingerprint density at radius 3 is 2.45 bits per heavy atom. The number of amides is 3. The van der Waals surface area contributed by atoms with Crippen LogP contribution < -0.4 is 10.2 Å². The number of hydrogen-bond donors (Lipinski definition) is 1. The van der Waals surface area contributed by atoms with Crippen LogP contribution in [0.1, 0.15) is 28.5 Å². The van der Waals surface area contributed by atoms with Gasteiger partial charge >= 0.3 is 0 Å². The molecule has 3 aromatic rings. The zero-order valence-corrected chi connectivity index (χ0v) is 19.2. The zero-order chi connectivity index (χ0) is 24.0. The van der Waals surface area contributed by atoms with Gasteiger partial charge in [0.1, 0.15) is 5.82 Å². The van der Waals surface area contributed by atoms with Crippen molar-refractivity contribution in [2.75, 3.05) is 19.0 Å². The third-order valence-electron chi connectivity index (χ3n) is 4.75. The van der Waals surface area contributed by atoms with E-state index in [9.17, 15) is 18.8 Å². The Morgan fingerprint density at radius 2 is 1.82 bits per heavy atom. The Bertz CT molecular complexity index is 1190. The highest BCUT2D eigenvalue weighted by molar-refractivity contribution is 7.14. The number of likely N-dealkylation sites (N-methyl/N-ethyl adjacent to an activating group) is 1. The minimum Gasteiger partial charge on any atom is -0.355 e. The number of nitrogens with one attached hydrogen (secondary N) is 1. The van der Waals surface area contributed by atoms with Crippen molar-refractivity contribution in [1.82, 2.24) is 15.2 Å². The molecule has 0 unspecified atom stereocenters. The van der Waals surface area contributed by atoms with Gasteiger partial charge in [-0.25, -0.2) is 9.37 Å². The van der Waals surface area contributed by atoms with Gasteiger partial charge in [-0.1, -0.05) is 24.3 Å². The number of hydrogen-bond acceptors (Lipinski definition) is 5. The van der Waals surface area contributed by atoms with Gasteiger partial charge in [0, 0.05) is 44.6 Å². The summed E-state index contributed by atoms with van der Waals surface area (Å²) >= 11 is 1.18. The molecule has 0 spiro atoms. The molecule has 0 saturated carbocycles. The van der Waals surface area contributed by atoms with Crippen molar-refractivity contribution in [1.29, 1.82) is 0 Å². The van der Waals surface area contributed by atoms with Crippen molar-refractivity contribution in [3.63, 3.8) is 0 Å². The Labute approximate surface area is 195 Å². The second kappa shape index (κ2) is 10.6. The van der Waals surface area contributed by atoms with Gasteiger partial charge in [-0.15, -0.1) is 11.3 Å². The predicted octanol–water partition coefficient (Wildman–Crippen LogP) is 4.00. The monoisotopic (exact) mass is 466 g/mol. The van der Waals surface area contributed by atoms with Crippen LogP contribution in [0.3, 0.4) is 0 Å². The molecule has 0 atom stereocenters. The summed E-state index contributed by atoms with van der Waals surface area (Å²) in [5.74, 6) is -1.31. The lowest BCUT2D eigenvalue weighted by Crippen LogP contribution is -2.24. The number of thiazole rings is 1. The Morgan fingerprint density at radius 1 is 1.12 bits per heavy atom. The highest BCUT2D eigenvalue weighted by Crippen LogP contribution is 2.31. The van der Waals surface area contributed by atoms with Crippen LogP contribution in [0, 0.1) is 5.82 Å². The number of aromatic nitrogens is 1. The van der Waals surface area contributed by atoms with Crippen molar-refractivity contribution < 1.29 is 18.8 Å². The molecule has 1 aromatic heterocycles. The second-order valence-electron chi connectivity index (χ2n) is 7.16. The third-order valence-corrected chi connectivity index (χ3v) is 5.59. The van der Waals surface area contributed by atoms with Crippen LogP contribution in [0.2, 0.25) is 0 Å². The molecule has 3 amide bonds. The zero-order valence-electron chi connectivity index (χ0n) is 18.4. The molecule has 7 nitrogen and oxygen atoms in total. The largest absolute Gasteiger partial charge is 0.355 e. The molecule has 0 bridgehead atoms. The lowest BCUT2D eigenvalue weighted by molar-refractivity contribution is -0.125. The fourth-order valence-electron chi connectivity index (χ4n) is 3.04. The number of para-hydroxylation sites is 1. The van der Waals surface area contributed by atoms with Crippen LogP contribution in [0.15, 0.2) is 60.0 Å². The van der Waals surface area contributed by atoms with E-state index < -0.39 is 5.82 Å². The molecule has 0 saturated heterocycles. The van der Waals surface area contributed by atoms with Crippen LogP contribution >= 0.6 is 11.3 Å². The highest BCUT2D eigenvalue weighted by Gasteiger charge is 2.20. The smallest absolute Gasteiger partial charge is 0.251 e. The summed E-state index contributed by atoms with van der Waals surface area (Å²) in [6.07, 6.45) is 2.94. The van der Waals surface area contributed by atoms with Gasteiger partial charge < -0.3 is 10.2 Å². The first-order valence-electron chi connectivity index (χ1n) is 10.0. The molecule has 0 radical (unpaired) electrons. The van der Waals surface area contributed by atoms with Gasteiger partial charge in [-0.05, 0) is 35.9 Å². The SMILES string of the molecule is CNC(=O)c1ccc(CN(C)C(=O)/C=C/c2csc(N(C(C)=O)c3ccccc3F)n2)cc1. The van der Waals surface area contributed by atoms with Crippen molar-refractivity contribution in [2.45, 2.75) is 13.5 Å². The molecule has 1 N–H and O–H groups in total. The van der Waals surface area contributed by atoms with E-state index in [-0.39, 0.29) is 23.4 Å². The standard InChI is InChI=1S/C24H23FN4O3S/c1-16(30)29(21-7-5-4-6-20(21)25)24-27-19(15-33-24)12-13-22(31)28(3)14-17-8-10-18(11-9-17)23(32)26-2/h4-13,15H,14H2,1-3H3,(H,26,32)/b13-12+. The van der Waals surface area contributed by atoms with Gasteiger partial charge in [-0.2, -0.15) is 0 Å². The molecule has 170 valence electrons. The number of carbonyl (C=O) groups is 3. The molecule has 2 aromatic carbocycles. The molecule has 0 aliphatic heterocycles. The van der Waals surface area contributed by atoms with Crippen molar-refractivity contribution in [2.24, 2.45) is 0 Å². The number of anilines is 2. The summed E-state index contributed by atoms with van der Waals surface area (Å²) in [5.41, 5.74) is 2.02. The summed E-state index contributed by atoms with van der Waals surface area (Å²) < 4.78 is 14.2. The minimum absolute atomic E-state index is 0.119. The topological polar surface area (TPSA) is 82.6 Å². The second-order valence-corrected chi connectivity index (χ2v) is 8.00. The average Bonchev–Trinajstić information content (AvgIpc) is 3.27. The van der Waals surface area contributed by atoms with E-state index in [0.29, 0.717) is 22.9 Å². The maximum atomic E-state index is 14.2. The quantitative estimate of drug-likeness (QED) is 0.534. The molecule has 0 aliphatic rings. The fourth-order valence-corrected chi connectivity index (χ4v) is 3.89. The van der Waals surface area contributed by atoms with E-state index in [1.54, 1.807) is 61.9 Å². The molecular weight excluding hydrogens is 443 g/mol. The Hall–Kier alpha value is -3.85. The fraction of sp³-hybridized carbons (Fsp3) is 0.167. The first-order chi connectivity index (χ1) is 15.8. The number of rotatable bonds is 7. The molecule has 0 fully saturated rings. The molecule has 0 aliphatic carbocycles. The van der Waals surface area contributed by atoms with Gasteiger partial charge in [-0.3, -0.25) is 19.3 Å². The van der Waals surface area contributed by atoms with E-state index in [2.05, 4.69) is 10.3 Å². The summed E-state index contributed by atoms with van der Waals surface area (Å²) in [5, 5.41) is 4.56. The summed E-state index contributed by atoms with van der Waals surface area (Å²) in [6.45, 7) is 1.70. The van der Waals surface area contributed by atoms with Crippen LogP contribution in [0.25, 0.3) is 6.08 Å². The predicted molar refractivity (Wildman–Crippen MR) is 127 cm³/mol. The number of halogens is 1. The molecule has 1 heterocycles. The van der Waals surface area contributed by atoms with Gasteiger partial charge in [0.2, 0.25) is 11.8 Å². The first-order valence-corrected chi connectivity index (χ1v) is 10.9. The molecule has 33 heavy (non-hydrogen) atoms. The van der Waals surface area contributed by atoms with Crippen molar-refractivity contribution in [3.05, 3.63) is 82.6 Å². The van der Waals surface area contributed by atoms with E-state index in [1.165, 1.54) is 46.3 Å². The summed E-state index contributed by atoms with van der Waals surface area (Å²) in [7, 11) is 3.24. The summed E-state index contributed by atoms with van der Waals surface area (Å²) in [6, 6.07) is 13.0. The van der Waals surface area contributed by atoms with Crippen LogP contribution in [-0.4, -0.2) is 41.7 Å². The van der Waals surface area contributed by atoms with E-state index in [4.69, 9.17) is 0 Å². The first kappa shape index (κ1) is 23.8. The minimum atomic E-state index is -0.528. The van der Waals surface area contributed by atoms with Gasteiger partial charge in [0.05, 0.1) is 11.4 Å². The molecule has 9 heteroatoms. The molecule has 3 rings (SSSR count). The van der Waals surface area contributed by atoms with E-state index in [0.717, 1.165) is 5.56 Å². The van der Waals surface area contributed by atoms with E-state index >= 15 is 0 Å². The number of nitrogens with zero attached hydrogens (tertiary/aromatic N) is 3. The Kier molecular flexibility index (Phi) is 7.68. The van der Waals surface area contributed by atoms with Gasteiger partial charge in [0.15, 0.2) is 5.13 Å². The average molecular weight is 467 g/mol. The number of benzene rings is 2. The Balaban J connectivity index is 1.67. The lowest BCUT2D eigenvalue weighted by atomic mass is 10.1. The third kappa shape index (κ3) is 5.89.